The minimum atomic E-state index is -4.38. The fourth-order valence-corrected chi connectivity index (χ4v) is 4.04. The minimum absolute atomic E-state index is 0.00416. The molecule has 0 saturated heterocycles. The van der Waals surface area contributed by atoms with E-state index < -0.39 is 17.7 Å². The van der Waals surface area contributed by atoms with Crippen molar-refractivity contribution >= 4 is 28.7 Å². The van der Waals surface area contributed by atoms with Crippen LogP contribution in [-0.4, -0.2) is 21.8 Å². The van der Waals surface area contributed by atoms with Crippen molar-refractivity contribution in [2.24, 2.45) is 4.99 Å². The van der Waals surface area contributed by atoms with Crippen LogP contribution in [0.3, 0.4) is 0 Å². The lowest BCUT2D eigenvalue weighted by Crippen LogP contribution is -2.03. The summed E-state index contributed by atoms with van der Waals surface area (Å²) in [6.07, 6.45) is -4.03. The largest absolute Gasteiger partial charge is 0.486 e. The number of aryl methyl sites for hydroxylation is 2. The molecule has 3 aromatic rings. The summed E-state index contributed by atoms with van der Waals surface area (Å²) < 4.78 is 44.4. The predicted molar refractivity (Wildman–Crippen MR) is 122 cm³/mol. The van der Waals surface area contributed by atoms with Crippen molar-refractivity contribution in [3.63, 3.8) is 0 Å². The first kappa shape index (κ1) is 24.4. The lowest BCUT2D eigenvalue weighted by molar-refractivity contribution is -0.138. The number of alkyl halides is 3. The fourth-order valence-electron chi connectivity index (χ4n) is 3.06. The van der Waals surface area contributed by atoms with Crippen LogP contribution in [0.2, 0.25) is 0 Å². The van der Waals surface area contributed by atoms with Gasteiger partial charge in [-0.05, 0) is 51.0 Å². The Morgan fingerprint density at radius 2 is 1.82 bits per heavy atom. The summed E-state index contributed by atoms with van der Waals surface area (Å²) in [5.41, 5.74) is 2.88. The Kier molecular flexibility index (Phi) is 7.53. The summed E-state index contributed by atoms with van der Waals surface area (Å²) in [4.78, 5) is 20.7. The molecule has 0 radical (unpaired) electrons. The van der Waals surface area contributed by atoms with Crippen molar-refractivity contribution in [1.29, 1.82) is 0 Å². The zero-order valence-electron chi connectivity index (χ0n) is 18.4. The molecule has 174 valence electrons. The first-order valence-corrected chi connectivity index (χ1v) is 11.0. The first-order chi connectivity index (χ1) is 15.5. The van der Waals surface area contributed by atoms with E-state index in [0.29, 0.717) is 34.1 Å². The number of thiazole rings is 1. The molecule has 3 rings (SSSR count). The van der Waals surface area contributed by atoms with Crippen LogP contribution in [-0.2, 0) is 17.6 Å². The van der Waals surface area contributed by atoms with Crippen LogP contribution in [0.25, 0.3) is 10.6 Å². The maximum absolute atomic E-state index is 12.8. The molecule has 1 heterocycles. The van der Waals surface area contributed by atoms with E-state index in [9.17, 15) is 18.0 Å². The number of ether oxygens (including phenoxy) is 1. The monoisotopic (exact) mass is 476 g/mol. The Morgan fingerprint density at radius 3 is 2.45 bits per heavy atom. The van der Waals surface area contributed by atoms with E-state index >= 15 is 0 Å². The topological polar surface area (TPSA) is 71.8 Å². The summed E-state index contributed by atoms with van der Waals surface area (Å²) in [6.45, 7) is 5.73. The number of benzene rings is 2. The van der Waals surface area contributed by atoms with Crippen LogP contribution in [0.5, 0.6) is 5.75 Å². The van der Waals surface area contributed by atoms with Crippen LogP contribution in [0.1, 0.15) is 41.5 Å². The number of carboxylic acid groups (broad SMARTS) is 1. The molecule has 1 N–H and O–H groups in total. The van der Waals surface area contributed by atoms with Crippen LogP contribution >= 0.6 is 11.3 Å². The number of carbonyl (C=O) groups is 1. The van der Waals surface area contributed by atoms with E-state index in [1.165, 1.54) is 23.5 Å². The summed E-state index contributed by atoms with van der Waals surface area (Å²) in [5, 5.41) is 9.49. The third kappa shape index (κ3) is 6.41. The second-order valence-corrected chi connectivity index (χ2v) is 8.64. The molecule has 33 heavy (non-hydrogen) atoms. The van der Waals surface area contributed by atoms with Gasteiger partial charge < -0.3 is 9.84 Å². The predicted octanol–water partition coefficient (Wildman–Crippen LogP) is 6.98. The molecule has 0 bridgehead atoms. The number of aliphatic carboxylic acids is 1. The molecule has 9 heteroatoms. The van der Waals surface area contributed by atoms with Gasteiger partial charge in [-0.3, -0.25) is 9.79 Å². The molecule has 0 atom stereocenters. The van der Waals surface area contributed by atoms with Crippen molar-refractivity contribution in [3.8, 4) is 16.3 Å². The van der Waals surface area contributed by atoms with Gasteiger partial charge >= 0.3 is 12.1 Å². The van der Waals surface area contributed by atoms with E-state index in [2.05, 4.69) is 9.98 Å². The maximum Gasteiger partial charge on any atom is 0.416 e. The quantitative estimate of drug-likeness (QED) is 0.356. The van der Waals surface area contributed by atoms with Crippen molar-refractivity contribution in [1.82, 2.24) is 4.98 Å². The van der Waals surface area contributed by atoms with Crippen molar-refractivity contribution < 1.29 is 27.8 Å². The van der Waals surface area contributed by atoms with E-state index in [-0.39, 0.29) is 13.0 Å². The normalized spacial score (nSPS) is 12.1. The molecule has 0 aliphatic rings. The molecule has 0 amide bonds. The summed E-state index contributed by atoms with van der Waals surface area (Å²) in [6, 6.07) is 10.5. The number of aliphatic imine (C=N–C) groups is 1. The summed E-state index contributed by atoms with van der Waals surface area (Å²) in [5.74, 6) is -0.316. The third-order valence-corrected chi connectivity index (χ3v) is 6.09. The van der Waals surface area contributed by atoms with Gasteiger partial charge in [-0.25, -0.2) is 4.98 Å². The zero-order valence-corrected chi connectivity index (χ0v) is 19.2. The first-order valence-electron chi connectivity index (χ1n) is 10.2. The Hall–Kier alpha value is -3.20. The van der Waals surface area contributed by atoms with Crippen LogP contribution in [0.15, 0.2) is 47.5 Å². The highest BCUT2D eigenvalue weighted by atomic mass is 32.1. The van der Waals surface area contributed by atoms with E-state index in [0.717, 1.165) is 28.3 Å². The van der Waals surface area contributed by atoms with Gasteiger partial charge in [0.1, 0.15) is 23.1 Å². The highest BCUT2D eigenvalue weighted by molar-refractivity contribution is 7.15. The third-order valence-electron chi connectivity index (χ3n) is 4.91. The Bertz CT molecular complexity index is 1170. The number of halogens is 3. The number of aromatic nitrogens is 1. The molecule has 0 spiro atoms. The number of carboxylic acids is 1. The number of nitrogens with zero attached hydrogens (tertiary/aromatic N) is 2. The second kappa shape index (κ2) is 10.2. The lowest BCUT2D eigenvalue weighted by atomic mass is 10.1. The zero-order chi connectivity index (χ0) is 24.2. The van der Waals surface area contributed by atoms with Gasteiger partial charge in [0.25, 0.3) is 0 Å². The standard InChI is InChI=1S/C24H23F3N2O3S/c1-14-5-4-6-19(22(14)28-15(2)7-12-21(30)31)32-13-20-16(3)29-23(33-20)17-8-10-18(11-9-17)24(25,26)27/h4-6,8-11H,7,12-13H2,1-3H3,(H,30,31). The van der Waals surface area contributed by atoms with E-state index in [4.69, 9.17) is 9.84 Å². The molecule has 0 aliphatic carbocycles. The Balaban J connectivity index is 1.77. The molecular weight excluding hydrogens is 453 g/mol. The molecule has 0 saturated carbocycles. The molecule has 0 unspecified atom stereocenters. The Morgan fingerprint density at radius 1 is 1.12 bits per heavy atom. The number of para-hydroxylation sites is 1. The highest BCUT2D eigenvalue weighted by Crippen LogP contribution is 2.35. The SMILES string of the molecule is CC(CCC(=O)O)=Nc1c(C)cccc1OCc1sc(-c2ccc(C(F)(F)F)cc2)nc1C. The fraction of sp³-hybridized carbons (Fsp3) is 0.292. The second-order valence-electron chi connectivity index (χ2n) is 7.55. The molecular formula is C24H23F3N2O3S. The average molecular weight is 477 g/mol. The van der Waals surface area contributed by atoms with Gasteiger partial charge in [0.2, 0.25) is 0 Å². The number of rotatable bonds is 8. The summed E-state index contributed by atoms with van der Waals surface area (Å²) in [7, 11) is 0. The van der Waals surface area contributed by atoms with Crippen LogP contribution < -0.4 is 4.74 Å². The highest BCUT2D eigenvalue weighted by Gasteiger charge is 2.30. The molecule has 1 aromatic heterocycles. The van der Waals surface area contributed by atoms with Gasteiger partial charge in [0, 0.05) is 11.3 Å². The van der Waals surface area contributed by atoms with Crippen molar-refractivity contribution in [3.05, 3.63) is 64.2 Å². The molecule has 2 aromatic carbocycles. The van der Waals surface area contributed by atoms with Gasteiger partial charge in [-0.1, -0.05) is 24.3 Å². The number of hydrogen-bond donors (Lipinski definition) is 1. The molecule has 0 aliphatic heterocycles. The van der Waals surface area contributed by atoms with Gasteiger partial charge in [-0.15, -0.1) is 11.3 Å². The number of hydrogen-bond acceptors (Lipinski definition) is 5. The minimum Gasteiger partial charge on any atom is -0.486 e. The van der Waals surface area contributed by atoms with Gasteiger partial charge in [0.15, 0.2) is 0 Å². The van der Waals surface area contributed by atoms with Crippen molar-refractivity contribution in [2.75, 3.05) is 0 Å². The van der Waals surface area contributed by atoms with Gasteiger partial charge in [0.05, 0.1) is 22.6 Å². The summed E-state index contributed by atoms with van der Waals surface area (Å²) >= 11 is 1.36. The van der Waals surface area contributed by atoms with Crippen LogP contribution in [0, 0.1) is 13.8 Å². The average Bonchev–Trinajstić information content (AvgIpc) is 3.12. The molecule has 5 nitrogen and oxygen atoms in total. The van der Waals surface area contributed by atoms with Gasteiger partial charge in [-0.2, -0.15) is 13.2 Å². The molecule has 0 fully saturated rings. The Labute approximate surface area is 193 Å². The van der Waals surface area contributed by atoms with Crippen molar-refractivity contribution in [2.45, 2.75) is 46.4 Å². The van der Waals surface area contributed by atoms with Crippen LogP contribution in [0.4, 0.5) is 18.9 Å². The smallest absolute Gasteiger partial charge is 0.416 e. The van der Waals surface area contributed by atoms with E-state index in [1.54, 1.807) is 13.0 Å². The van der Waals surface area contributed by atoms with E-state index in [1.807, 2.05) is 26.0 Å². The lowest BCUT2D eigenvalue weighted by Gasteiger charge is -2.11. The maximum atomic E-state index is 12.8.